The molecule has 0 unspecified atom stereocenters. The van der Waals surface area contributed by atoms with Gasteiger partial charge in [0.2, 0.25) is 0 Å². The second kappa shape index (κ2) is 23.2. The van der Waals surface area contributed by atoms with Gasteiger partial charge in [0.05, 0.1) is 44.2 Å². The van der Waals surface area contributed by atoms with Crippen LogP contribution in [0.2, 0.25) is 0 Å². The minimum Gasteiger partial charge on any atom is -0.396 e. The Hall–Kier alpha value is -1.18. The molecule has 29 atom stereocenters. The molecule has 4 saturated carbocycles. The summed E-state index contributed by atoms with van der Waals surface area (Å²) in [5, 5.41) is 163. The van der Waals surface area contributed by atoms with Crippen molar-refractivity contribution in [1.29, 1.82) is 0 Å². The van der Waals surface area contributed by atoms with Crippen molar-refractivity contribution in [2.75, 3.05) is 33.0 Å². The maximum Gasteiger partial charge on any atom is 0.187 e. The van der Waals surface area contributed by atoms with E-state index in [-0.39, 0.29) is 54.1 Å². The van der Waals surface area contributed by atoms with E-state index in [4.69, 9.17) is 37.9 Å². The summed E-state index contributed by atoms with van der Waals surface area (Å²) in [6.07, 6.45) is -24.7. The first-order valence-electron chi connectivity index (χ1n) is 27.5. The Morgan fingerprint density at radius 1 is 0.592 bits per heavy atom. The van der Waals surface area contributed by atoms with Crippen LogP contribution in [-0.2, 0) is 37.9 Å². The highest BCUT2D eigenvalue weighted by molar-refractivity contribution is 5.21. The maximum absolute atomic E-state index is 12.5. The van der Waals surface area contributed by atoms with E-state index in [0.29, 0.717) is 25.7 Å². The molecule has 4 heterocycles. The number of ether oxygens (including phenoxy) is 8. The van der Waals surface area contributed by atoms with Crippen molar-refractivity contribution in [2.24, 2.45) is 45.3 Å². The summed E-state index contributed by atoms with van der Waals surface area (Å²) < 4.78 is 48.5. The van der Waals surface area contributed by atoms with Crippen molar-refractivity contribution in [3.05, 3.63) is 11.6 Å². The topological polar surface area (TPSA) is 377 Å². The minimum atomic E-state index is -1.87. The average molecular weight is 1100 g/mol. The monoisotopic (exact) mass is 1090 g/mol. The van der Waals surface area contributed by atoms with E-state index < -0.39 is 165 Å². The van der Waals surface area contributed by atoms with Crippen LogP contribution in [0.1, 0.15) is 106 Å². The van der Waals surface area contributed by atoms with Gasteiger partial charge in [0.25, 0.3) is 0 Å². The van der Waals surface area contributed by atoms with Crippen molar-refractivity contribution in [3.8, 4) is 0 Å². The summed E-state index contributed by atoms with van der Waals surface area (Å²) in [7, 11) is 0. The van der Waals surface area contributed by atoms with Crippen LogP contribution in [-0.4, -0.2) is 244 Å². The van der Waals surface area contributed by atoms with E-state index in [0.717, 1.165) is 31.3 Å². The molecule has 0 amide bonds. The molecule has 0 aromatic carbocycles. The van der Waals surface area contributed by atoms with Crippen LogP contribution in [0.3, 0.4) is 0 Å². The standard InChI is InChI=1S/C53H90O23/c1-23(2)9-8-14-52(7,76-47-42(68)38(64)36(62)30(73-47)21-70-45-40(66)33(59)27(58)20-69-45)25-12-15-50(5)24(25)10-11-32-51(50,6)16-13-31-49(3,4)44(26(57)17-53(31,32)22-56)75-48-43(39(65)35(61)29(19-55)72-48)74-46-41(67)37(63)34(60)28(18-54)71-46/h9,24-48,54-68H,8,10-22H2,1-7H3/t24-,25+,26+,27-,28-,29-,30-,31-,32+,33+,34-,35-,36-,37+,38+,39+,40-,41-,42-,43-,44-,45-,46+,47+,48+,50-,51-,52+,53+/m1/s1. The van der Waals surface area contributed by atoms with E-state index in [1.54, 1.807) is 0 Å². The lowest BCUT2D eigenvalue weighted by molar-refractivity contribution is -0.383. The third kappa shape index (κ3) is 10.5. The van der Waals surface area contributed by atoms with E-state index >= 15 is 0 Å². The van der Waals surface area contributed by atoms with Crippen molar-refractivity contribution < 1.29 is 114 Å². The second-order valence-corrected chi connectivity index (χ2v) is 25.2. The Morgan fingerprint density at radius 3 is 1.80 bits per heavy atom. The number of hydrogen-bond donors (Lipinski definition) is 15. The molecule has 23 heteroatoms. The van der Waals surface area contributed by atoms with Gasteiger partial charge in [0, 0.05) is 12.0 Å². The van der Waals surface area contributed by atoms with Crippen LogP contribution in [0.25, 0.3) is 0 Å². The quantitative estimate of drug-likeness (QED) is 0.0557. The highest BCUT2D eigenvalue weighted by Gasteiger charge is 2.72. The van der Waals surface area contributed by atoms with E-state index in [1.807, 2.05) is 34.6 Å². The third-order valence-corrected chi connectivity index (χ3v) is 20.5. The minimum absolute atomic E-state index is 0.0720. The zero-order valence-corrected chi connectivity index (χ0v) is 44.9. The number of aliphatic hydroxyl groups is 15. The highest BCUT2D eigenvalue weighted by atomic mass is 16.8. The zero-order valence-electron chi connectivity index (χ0n) is 44.9. The Labute approximate surface area is 444 Å². The van der Waals surface area contributed by atoms with Crippen LogP contribution in [0, 0.1) is 45.3 Å². The molecule has 4 aliphatic carbocycles. The van der Waals surface area contributed by atoms with Crippen molar-refractivity contribution in [3.63, 3.8) is 0 Å². The van der Waals surface area contributed by atoms with Crippen molar-refractivity contribution in [1.82, 2.24) is 0 Å². The first-order chi connectivity index (χ1) is 35.7. The largest absolute Gasteiger partial charge is 0.396 e. The summed E-state index contributed by atoms with van der Waals surface area (Å²) in [6, 6.07) is 0. The first-order valence-corrected chi connectivity index (χ1v) is 27.5. The zero-order chi connectivity index (χ0) is 55.8. The van der Waals surface area contributed by atoms with Crippen molar-refractivity contribution in [2.45, 2.75) is 241 Å². The molecule has 440 valence electrons. The van der Waals surface area contributed by atoms with Crippen LogP contribution < -0.4 is 0 Å². The van der Waals surface area contributed by atoms with E-state index in [1.165, 1.54) is 0 Å². The molecule has 0 aromatic heterocycles. The average Bonchev–Trinajstić information content (AvgIpc) is 3.93. The van der Waals surface area contributed by atoms with E-state index in [9.17, 15) is 76.6 Å². The number of rotatable bonds is 16. The SMILES string of the molecule is CC(C)=CCC[C@](C)(O[C@@H]1O[C@H](CO[C@H]2OC[C@@H](O)[C@H](O)[C@H]2O)[C@@H](O)[C@H](O)[C@H]1O)[C@H]1CC[C@]2(C)[C@@H]1CC[C@@H]1[C@]3(CO)C[C@H](O)[C@@H](O[C@@H]4O[C@H](CO)[C@@H](O)[C@H](O)[C@H]4O[C@@H]4O[C@H](CO)[C@@H](O)[C@H](O)[C@H]4O)C(C)(C)[C@H]3CC[C@]12C. The Balaban J connectivity index is 1.02. The summed E-state index contributed by atoms with van der Waals surface area (Å²) >= 11 is 0. The summed E-state index contributed by atoms with van der Waals surface area (Å²) in [5.41, 5.74) is -2.26. The number of fused-ring (bicyclic) bond motifs is 5. The van der Waals surface area contributed by atoms with Crippen molar-refractivity contribution >= 4 is 0 Å². The lowest BCUT2D eigenvalue weighted by atomic mass is 9.35. The molecule has 0 aromatic rings. The highest BCUT2D eigenvalue weighted by Crippen LogP contribution is 2.76. The predicted octanol–water partition coefficient (Wildman–Crippen LogP) is -2.59. The molecule has 8 fully saturated rings. The van der Waals surface area contributed by atoms with Crippen LogP contribution in [0.15, 0.2) is 11.6 Å². The van der Waals surface area contributed by atoms with Gasteiger partial charge in [-0.3, -0.25) is 0 Å². The molecule has 0 radical (unpaired) electrons. The first kappa shape index (κ1) is 60.9. The van der Waals surface area contributed by atoms with E-state index in [2.05, 4.69) is 19.9 Å². The van der Waals surface area contributed by atoms with Crippen LogP contribution >= 0.6 is 0 Å². The maximum atomic E-state index is 12.5. The Morgan fingerprint density at radius 2 is 1.17 bits per heavy atom. The molecule has 8 aliphatic rings. The number of hydrogen-bond acceptors (Lipinski definition) is 23. The lowest BCUT2D eigenvalue weighted by Gasteiger charge is -2.71. The molecule has 15 N–H and O–H groups in total. The fourth-order valence-electron chi connectivity index (χ4n) is 16.1. The van der Waals surface area contributed by atoms with Gasteiger partial charge in [-0.15, -0.1) is 0 Å². The van der Waals surface area contributed by atoms with Gasteiger partial charge < -0.3 is 114 Å². The van der Waals surface area contributed by atoms with Gasteiger partial charge in [0.15, 0.2) is 25.2 Å². The fraction of sp³-hybridized carbons (Fsp3) is 0.962. The molecule has 4 saturated heterocycles. The smallest absolute Gasteiger partial charge is 0.187 e. The van der Waals surface area contributed by atoms with Gasteiger partial charge in [0.1, 0.15) is 91.6 Å². The molecule has 0 spiro atoms. The second-order valence-electron chi connectivity index (χ2n) is 25.2. The molecule has 76 heavy (non-hydrogen) atoms. The number of allylic oxidation sites excluding steroid dienone is 2. The van der Waals surface area contributed by atoms with Crippen LogP contribution in [0.4, 0.5) is 0 Å². The summed E-state index contributed by atoms with van der Waals surface area (Å²) in [6.45, 7) is 12.1. The molecule has 8 rings (SSSR count). The molecule has 0 bridgehead atoms. The van der Waals surface area contributed by atoms with Gasteiger partial charge in [-0.2, -0.15) is 0 Å². The van der Waals surface area contributed by atoms with Gasteiger partial charge in [-0.05, 0) is 118 Å². The van der Waals surface area contributed by atoms with Gasteiger partial charge >= 0.3 is 0 Å². The fourth-order valence-corrected chi connectivity index (χ4v) is 16.1. The molecular weight excluding hydrogens is 1000 g/mol. The summed E-state index contributed by atoms with van der Waals surface area (Å²) in [4.78, 5) is 0. The van der Waals surface area contributed by atoms with Gasteiger partial charge in [-0.1, -0.05) is 39.3 Å². The predicted molar refractivity (Wildman–Crippen MR) is 262 cm³/mol. The third-order valence-electron chi connectivity index (χ3n) is 20.5. The normalized spacial score (nSPS) is 52.2. The number of aliphatic hydroxyl groups excluding tert-OH is 15. The molecule has 4 aliphatic heterocycles. The summed E-state index contributed by atoms with van der Waals surface area (Å²) in [5.74, 6) is -0.342. The van der Waals surface area contributed by atoms with Crippen LogP contribution in [0.5, 0.6) is 0 Å². The molecule has 23 nitrogen and oxygen atoms in total. The Kier molecular flexibility index (Phi) is 18.6. The molecular formula is C53H90O23. The van der Waals surface area contributed by atoms with Gasteiger partial charge in [-0.25, -0.2) is 0 Å². The lowest BCUT2D eigenvalue weighted by Crippen LogP contribution is -2.70. The Bertz CT molecular complexity index is 1960.